The molecule has 0 aliphatic rings. The van der Waals surface area contributed by atoms with Crippen molar-refractivity contribution < 1.29 is 118 Å². The summed E-state index contributed by atoms with van der Waals surface area (Å²) in [6, 6.07) is 0. The molecule has 414 valence electrons. The van der Waals surface area contributed by atoms with Gasteiger partial charge in [0, 0.05) is 6.42 Å². The summed E-state index contributed by atoms with van der Waals surface area (Å²) < 4.78 is 57.3. The largest absolute Gasteiger partial charge is 0.463 e. The van der Waals surface area contributed by atoms with Crippen molar-refractivity contribution in [2.75, 3.05) is 145 Å². The van der Waals surface area contributed by atoms with Crippen molar-refractivity contribution >= 4 is 5.97 Å². The Bertz CT molecular complexity index is 1100. The molecule has 0 saturated carbocycles. The normalized spacial score (nSPS) is 16.9. The van der Waals surface area contributed by atoms with Crippen LogP contribution in [0.25, 0.3) is 0 Å². The number of aliphatic hydroxyl groups excluding tert-OH is 12. The molecule has 11 unspecified atom stereocenters. The molecule has 0 aliphatic heterocycles. The zero-order chi connectivity index (χ0) is 51.3. The summed E-state index contributed by atoms with van der Waals surface area (Å²) >= 11 is 0. The van der Waals surface area contributed by atoms with Gasteiger partial charge >= 0.3 is 5.97 Å². The van der Waals surface area contributed by atoms with Crippen LogP contribution in [0.5, 0.6) is 0 Å². The average molecular weight is 1020 g/mol. The van der Waals surface area contributed by atoms with E-state index in [1.807, 2.05) is 0 Å². The van der Waals surface area contributed by atoms with Gasteiger partial charge in [-0.1, -0.05) is 58.3 Å². The molecule has 0 amide bonds. The molecule has 0 aliphatic carbocycles. The molecule has 0 spiro atoms. The first-order valence-corrected chi connectivity index (χ1v) is 24.2. The van der Waals surface area contributed by atoms with E-state index >= 15 is 0 Å². The summed E-state index contributed by atoms with van der Waals surface area (Å²) in [5.41, 5.74) is 0. The molecular weight excluding hydrogens is 924 g/mol. The minimum Gasteiger partial charge on any atom is -0.463 e. The minimum atomic E-state index is -1.07. The maximum atomic E-state index is 11.9. The number of rotatable bonds is 53. The molecule has 12 N–H and O–H groups in total. The molecule has 0 heterocycles. The highest BCUT2D eigenvalue weighted by molar-refractivity contribution is 5.69. The molecule has 11 atom stereocenters. The zero-order valence-electron chi connectivity index (χ0n) is 40.7. The summed E-state index contributed by atoms with van der Waals surface area (Å²) in [5, 5.41) is 118. The Balaban J connectivity index is 3.75. The summed E-state index contributed by atoms with van der Waals surface area (Å²) in [4.78, 5) is 11.9. The van der Waals surface area contributed by atoms with Crippen molar-refractivity contribution in [3.8, 4) is 0 Å². The summed E-state index contributed by atoms with van der Waals surface area (Å²) in [5.74, 6) is -0.365. The summed E-state index contributed by atoms with van der Waals surface area (Å²) in [6.07, 6.45) is -0.965. The van der Waals surface area contributed by atoms with Gasteiger partial charge in [0.2, 0.25) is 0 Å². The van der Waals surface area contributed by atoms with Crippen LogP contribution in [0.3, 0.4) is 0 Å². The Hall–Kier alpha value is -1.41. The Labute approximate surface area is 407 Å². The molecule has 0 radical (unpaired) electrons. The van der Waals surface area contributed by atoms with E-state index < -0.39 is 73.8 Å². The third kappa shape index (κ3) is 47.4. The van der Waals surface area contributed by atoms with Gasteiger partial charge in [0.25, 0.3) is 0 Å². The molecule has 0 aromatic heterocycles. The molecule has 0 saturated heterocycles. The van der Waals surface area contributed by atoms with Gasteiger partial charge < -0.3 is 113 Å². The lowest BCUT2D eigenvalue weighted by atomic mass is 10.1. The van der Waals surface area contributed by atoms with E-state index in [0.29, 0.717) is 6.42 Å². The van der Waals surface area contributed by atoms with Crippen molar-refractivity contribution in [1.29, 1.82) is 0 Å². The summed E-state index contributed by atoms with van der Waals surface area (Å²) in [7, 11) is 0. The molecule has 0 bridgehead atoms. The number of hydrogen-bond donors (Lipinski definition) is 12. The fourth-order valence-corrected chi connectivity index (χ4v) is 5.78. The number of hydrogen-bond acceptors (Lipinski definition) is 24. The second kappa shape index (κ2) is 47.6. The third-order valence-electron chi connectivity index (χ3n) is 9.34. The van der Waals surface area contributed by atoms with Crippen LogP contribution >= 0.6 is 0 Å². The lowest BCUT2D eigenvalue weighted by Crippen LogP contribution is -2.32. The van der Waals surface area contributed by atoms with E-state index in [4.69, 9.17) is 57.2 Å². The van der Waals surface area contributed by atoms with E-state index in [9.17, 15) is 61.0 Å². The third-order valence-corrected chi connectivity index (χ3v) is 9.34. The number of unbranched alkanes of at least 4 members (excludes halogenated alkanes) is 8. The Morgan fingerprint density at radius 2 is 0.478 bits per heavy atom. The van der Waals surface area contributed by atoms with Crippen molar-refractivity contribution in [2.24, 2.45) is 0 Å². The number of aliphatic hydroxyl groups is 12. The van der Waals surface area contributed by atoms with Gasteiger partial charge in [-0.2, -0.15) is 0 Å². The van der Waals surface area contributed by atoms with Crippen LogP contribution in [-0.4, -0.2) is 280 Å². The highest BCUT2D eigenvalue weighted by Crippen LogP contribution is 2.11. The van der Waals surface area contributed by atoms with Crippen molar-refractivity contribution in [3.05, 3.63) is 0 Å². The lowest BCUT2D eigenvalue weighted by Gasteiger charge is -2.18. The van der Waals surface area contributed by atoms with E-state index in [-0.39, 0.29) is 145 Å². The predicted octanol–water partition coefficient (Wildman–Crippen LogP) is -3.42. The van der Waals surface area contributed by atoms with E-state index in [1.165, 1.54) is 38.5 Å². The molecular formula is C45H90O24. The Morgan fingerprint density at radius 3 is 0.696 bits per heavy atom. The Kier molecular flexibility index (Phi) is 46.6. The Morgan fingerprint density at radius 1 is 0.290 bits per heavy atom. The molecule has 24 heteroatoms. The van der Waals surface area contributed by atoms with Gasteiger partial charge in [-0.3, -0.25) is 4.79 Å². The van der Waals surface area contributed by atoms with E-state index in [0.717, 1.165) is 19.3 Å². The van der Waals surface area contributed by atoms with E-state index in [1.54, 1.807) is 0 Å². The molecule has 0 fully saturated rings. The van der Waals surface area contributed by atoms with Gasteiger partial charge in [0.05, 0.1) is 139 Å². The van der Waals surface area contributed by atoms with Crippen LogP contribution in [0.4, 0.5) is 0 Å². The first kappa shape index (κ1) is 67.6. The number of carbonyl (C=O) groups excluding carboxylic acids is 1. The van der Waals surface area contributed by atoms with Crippen molar-refractivity contribution in [2.45, 2.75) is 138 Å². The fourth-order valence-electron chi connectivity index (χ4n) is 5.78. The monoisotopic (exact) mass is 1010 g/mol. The van der Waals surface area contributed by atoms with Gasteiger partial charge in [0.15, 0.2) is 0 Å². The minimum absolute atomic E-state index is 0.129. The predicted molar refractivity (Wildman–Crippen MR) is 244 cm³/mol. The molecule has 0 rings (SSSR count). The summed E-state index contributed by atoms with van der Waals surface area (Å²) in [6.45, 7) is -1.84. The molecule has 24 nitrogen and oxygen atoms in total. The quantitative estimate of drug-likeness (QED) is 0.0208. The smallest absolute Gasteiger partial charge is 0.305 e. The first-order valence-electron chi connectivity index (χ1n) is 24.2. The number of ether oxygens (including phenoxy) is 11. The van der Waals surface area contributed by atoms with Gasteiger partial charge in [-0.05, 0) is 6.42 Å². The highest BCUT2D eigenvalue weighted by Gasteiger charge is 2.17. The number of carbonyl (C=O) groups is 1. The van der Waals surface area contributed by atoms with Crippen LogP contribution in [0.15, 0.2) is 0 Å². The van der Waals surface area contributed by atoms with E-state index in [2.05, 4.69) is 6.92 Å². The van der Waals surface area contributed by atoms with Crippen molar-refractivity contribution in [1.82, 2.24) is 0 Å². The average Bonchev–Trinajstić information content (AvgIpc) is 3.30. The van der Waals surface area contributed by atoms with Gasteiger partial charge in [-0.25, -0.2) is 0 Å². The topological polar surface area (TPSA) is 361 Å². The number of esters is 1. The highest BCUT2D eigenvalue weighted by atomic mass is 16.6. The van der Waals surface area contributed by atoms with Crippen LogP contribution in [-0.2, 0) is 56.9 Å². The lowest BCUT2D eigenvalue weighted by molar-refractivity contribution is -0.148. The maximum absolute atomic E-state index is 11.9. The molecule has 69 heavy (non-hydrogen) atoms. The molecule has 0 aromatic rings. The standard InChI is InChI=1S/C45H90O24/c1-2-3-4-5-6-7-8-9-10-11-45(58)69-33-44(57)32-68-31-43(56)30-67-29-42(55)28-66-27-41(54)26-65-25-40(53)24-64-23-39(52)22-63-21-38(51)20-62-19-37(50)18-61-17-36(49)16-60-15-35(48)14-59-13-34(47)12-46/h34-44,46-57H,2-33H2,1H3. The van der Waals surface area contributed by atoms with Crippen molar-refractivity contribution in [3.63, 3.8) is 0 Å². The van der Waals surface area contributed by atoms with Crippen LogP contribution in [0.1, 0.15) is 71.1 Å². The van der Waals surface area contributed by atoms with Crippen LogP contribution in [0, 0.1) is 0 Å². The van der Waals surface area contributed by atoms with Gasteiger partial charge in [-0.15, -0.1) is 0 Å². The molecule has 0 aromatic carbocycles. The van der Waals surface area contributed by atoms with Crippen LogP contribution < -0.4 is 0 Å². The van der Waals surface area contributed by atoms with Gasteiger partial charge in [0.1, 0.15) is 73.8 Å². The second-order valence-electron chi connectivity index (χ2n) is 17.0. The zero-order valence-corrected chi connectivity index (χ0v) is 40.7. The SMILES string of the molecule is CCCCCCCCCCCC(=O)OCC(O)COCC(O)COCC(O)COCC(O)COCC(O)COCC(O)COCC(O)COCC(O)COCC(O)COCC(O)COCC(O)CO. The maximum Gasteiger partial charge on any atom is 0.305 e. The fraction of sp³-hybridized carbons (Fsp3) is 0.978. The van der Waals surface area contributed by atoms with Crippen LogP contribution in [0.2, 0.25) is 0 Å². The first-order chi connectivity index (χ1) is 33.1. The second-order valence-corrected chi connectivity index (χ2v) is 17.0.